The monoisotopic (exact) mass is 1010 g/mol. The first-order valence-corrected chi connectivity index (χ1v) is 24.9. The molecule has 0 saturated carbocycles. The molecule has 3 N–H and O–H groups in total. The van der Waals surface area contributed by atoms with E-state index in [1.54, 1.807) is 87.7 Å². The van der Waals surface area contributed by atoms with E-state index in [2.05, 4.69) is 22.5 Å². The Bertz CT molecular complexity index is 3310. The van der Waals surface area contributed by atoms with Gasteiger partial charge in [-0.1, -0.05) is 122 Å². The van der Waals surface area contributed by atoms with Crippen molar-refractivity contribution in [2.45, 2.75) is 49.5 Å². The number of methoxy groups -OCH3 is 2. The molecule has 6 aromatic carbocycles. The minimum atomic E-state index is -2.18. The summed E-state index contributed by atoms with van der Waals surface area (Å²) >= 11 is 1.22. The first-order chi connectivity index (χ1) is 36.0. The minimum Gasteiger partial charge on any atom is -0.497 e. The van der Waals surface area contributed by atoms with Crippen LogP contribution in [0.25, 0.3) is 10.2 Å². The van der Waals surface area contributed by atoms with E-state index in [0.717, 1.165) is 9.60 Å². The summed E-state index contributed by atoms with van der Waals surface area (Å²) in [5.41, 5.74) is 1.62. The lowest BCUT2D eigenvalue weighted by Crippen LogP contribution is -2.57. The number of anilines is 2. The first-order valence-electron chi connectivity index (χ1n) is 24.1. The Labute approximate surface area is 431 Å². The molecule has 74 heavy (non-hydrogen) atoms. The van der Waals surface area contributed by atoms with Crippen molar-refractivity contribution in [3.05, 3.63) is 185 Å². The number of morpholine rings is 1. The zero-order valence-corrected chi connectivity index (χ0v) is 41.6. The number of esters is 2. The van der Waals surface area contributed by atoms with Gasteiger partial charge < -0.3 is 34.7 Å². The van der Waals surface area contributed by atoms with Crippen LogP contribution in [0.3, 0.4) is 0 Å². The van der Waals surface area contributed by atoms with Crippen LogP contribution >= 0.6 is 11.3 Å². The number of thiazole rings is 1. The number of hydrogen-bond acceptors (Lipinski definition) is 13. The van der Waals surface area contributed by atoms with Gasteiger partial charge in [0.1, 0.15) is 41.7 Å². The Balaban J connectivity index is 1.28. The van der Waals surface area contributed by atoms with Crippen molar-refractivity contribution < 1.29 is 48.0 Å². The molecule has 0 bridgehead atoms. The number of aliphatic hydroxyl groups is 1. The Morgan fingerprint density at radius 2 is 1.46 bits per heavy atom. The van der Waals surface area contributed by atoms with E-state index in [1.165, 1.54) is 18.4 Å². The number of benzene rings is 6. The summed E-state index contributed by atoms with van der Waals surface area (Å²) in [4.78, 5) is 84.7. The van der Waals surface area contributed by atoms with Crippen LogP contribution in [-0.4, -0.2) is 84.3 Å². The van der Waals surface area contributed by atoms with Gasteiger partial charge in [-0.2, -0.15) is 0 Å². The van der Waals surface area contributed by atoms with Gasteiger partial charge >= 0.3 is 18.0 Å². The van der Waals surface area contributed by atoms with Gasteiger partial charge in [0.2, 0.25) is 11.8 Å². The quantitative estimate of drug-likeness (QED) is 0.0787. The maximum Gasteiger partial charge on any atom is 0.329 e. The Morgan fingerprint density at radius 1 is 0.784 bits per heavy atom. The number of urea groups is 1. The third-order valence-electron chi connectivity index (χ3n) is 13.8. The lowest BCUT2D eigenvalue weighted by molar-refractivity contribution is -0.177. The number of carbonyl (C=O) groups is 5. The Kier molecular flexibility index (Phi) is 13.7. The third kappa shape index (κ3) is 8.78. The molecule has 1 aromatic heterocycles. The second-order valence-electron chi connectivity index (χ2n) is 18.4. The molecular formula is C58H51N5O10S. The maximum absolute atomic E-state index is 16.8. The number of amides is 4. The van der Waals surface area contributed by atoms with Crippen LogP contribution in [0.2, 0.25) is 0 Å². The van der Waals surface area contributed by atoms with E-state index in [4.69, 9.17) is 23.9 Å². The molecular weight excluding hydrogens is 959 g/mol. The average molecular weight is 1010 g/mol. The van der Waals surface area contributed by atoms with E-state index in [-0.39, 0.29) is 29.6 Å². The third-order valence-corrected chi connectivity index (χ3v) is 14.8. The van der Waals surface area contributed by atoms with Crippen molar-refractivity contribution in [2.24, 2.45) is 11.8 Å². The molecule has 1 spiro atoms. The lowest BCUT2D eigenvalue weighted by Gasteiger charge is -2.46. The van der Waals surface area contributed by atoms with E-state index in [1.807, 2.05) is 89.8 Å². The van der Waals surface area contributed by atoms with E-state index in [9.17, 15) is 9.90 Å². The molecule has 374 valence electrons. The highest BCUT2D eigenvalue weighted by atomic mass is 32.1. The van der Waals surface area contributed by atoms with Crippen molar-refractivity contribution in [1.82, 2.24) is 15.2 Å². The number of nitrogens with one attached hydrogen (secondary N) is 2. The molecule has 4 amide bonds. The van der Waals surface area contributed by atoms with E-state index < -0.39 is 77.3 Å². The van der Waals surface area contributed by atoms with Gasteiger partial charge in [0, 0.05) is 11.1 Å². The summed E-state index contributed by atoms with van der Waals surface area (Å²) in [6.07, 6.45) is -0.981. The Hall–Kier alpha value is -8.36. The van der Waals surface area contributed by atoms with Crippen LogP contribution in [-0.2, 0) is 34.1 Å². The normalized spacial score (nSPS) is 21.3. The summed E-state index contributed by atoms with van der Waals surface area (Å²) in [6, 6.07) is 39.4. The van der Waals surface area contributed by atoms with Gasteiger partial charge in [-0.25, -0.2) is 19.5 Å². The maximum atomic E-state index is 16.8. The van der Waals surface area contributed by atoms with Crippen LogP contribution in [0.1, 0.15) is 65.4 Å². The van der Waals surface area contributed by atoms with Gasteiger partial charge in [-0.3, -0.25) is 19.3 Å². The summed E-state index contributed by atoms with van der Waals surface area (Å²) in [5.74, 6) is 2.15. The first kappa shape index (κ1) is 49.2. The highest BCUT2D eigenvalue weighted by Crippen LogP contribution is 2.66. The molecule has 0 aliphatic carbocycles. The van der Waals surface area contributed by atoms with Gasteiger partial charge in [-0.15, -0.1) is 0 Å². The number of ether oxygens (including phenoxy) is 4. The number of nitrogens with zero attached hydrogens (tertiary/aromatic N) is 3. The fraction of sp³-hybridized carbons (Fsp3) is 0.241. The smallest absolute Gasteiger partial charge is 0.329 e. The van der Waals surface area contributed by atoms with Gasteiger partial charge in [0.15, 0.2) is 5.13 Å². The molecule has 7 atom stereocenters. The summed E-state index contributed by atoms with van der Waals surface area (Å²) < 4.78 is 23.9. The van der Waals surface area contributed by atoms with Crippen LogP contribution in [0.15, 0.2) is 152 Å². The van der Waals surface area contributed by atoms with Crippen molar-refractivity contribution in [2.75, 3.05) is 37.7 Å². The number of rotatable bonds is 12. The van der Waals surface area contributed by atoms with Crippen molar-refractivity contribution in [3.8, 4) is 23.3 Å². The van der Waals surface area contributed by atoms with Crippen LogP contribution in [0.5, 0.6) is 11.5 Å². The molecule has 15 nitrogen and oxygen atoms in total. The second kappa shape index (κ2) is 20.6. The minimum absolute atomic E-state index is 0.0585. The molecule has 3 aliphatic rings. The molecule has 4 heterocycles. The number of para-hydroxylation sites is 1. The van der Waals surface area contributed by atoms with Crippen LogP contribution in [0, 0.1) is 23.7 Å². The van der Waals surface area contributed by atoms with Crippen LogP contribution < -0.4 is 25.0 Å². The van der Waals surface area contributed by atoms with Gasteiger partial charge in [0.05, 0.1) is 54.7 Å². The lowest BCUT2D eigenvalue weighted by atomic mass is 9.65. The highest BCUT2D eigenvalue weighted by molar-refractivity contribution is 7.22. The number of cyclic esters (lactones) is 1. The second-order valence-corrected chi connectivity index (χ2v) is 19.5. The average Bonchev–Trinajstić information content (AvgIpc) is 4.13. The van der Waals surface area contributed by atoms with Crippen molar-refractivity contribution in [3.63, 3.8) is 0 Å². The summed E-state index contributed by atoms with van der Waals surface area (Å²) in [6.45, 7) is 3.11. The molecule has 7 aromatic rings. The predicted octanol–water partition coefficient (Wildman–Crippen LogP) is 8.29. The van der Waals surface area contributed by atoms with Gasteiger partial charge in [0.25, 0.3) is 0 Å². The van der Waals surface area contributed by atoms with E-state index in [0.29, 0.717) is 44.8 Å². The standard InChI is InChI=1S/C58H51N5O10S/c1-34(2)47(53(66)71-4)60-57(69)62-44-29-26-36(23-22-35-24-27-40(70-3)28-25-35)32-42(44)58(55(62)68)46(52(65)61-56-59-43-20-11-12-21-45(43)74-56)49-54(67)73-50(38-16-9-6-10-17-38)48(37-14-7-5-8-15-37)63(49)51(58)39-18-13-19-41(33-39)72-31-30-64/h5-21,24-29,32-34,46-51,64H,30-31H2,1-4H3,(H,60,69)(H,59,61,65)/t46-,47+,48-,49-,50+,51+,58-/m1/s1. The van der Waals surface area contributed by atoms with E-state index >= 15 is 19.2 Å². The number of carbonyl (C=O) groups excluding carboxylic acids is 5. The number of imide groups is 1. The fourth-order valence-electron chi connectivity index (χ4n) is 10.7. The number of fused-ring (bicyclic) bond motifs is 4. The predicted molar refractivity (Wildman–Crippen MR) is 277 cm³/mol. The molecule has 2 fully saturated rings. The SMILES string of the molecule is COC(=O)[C@@H](NC(=O)N1C(=O)[C@@]2(c3cc(C#Cc4ccc(OC)cc4)ccc31)[C@H](c1cccc(OCCO)c1)N1[C@H](c3ccccc3)[C@H](c3ccccc3)OC(=O)[C@H]1[C@@H]2C(=O)Nc1nc2ccccc2s1)C(C)C. The number of hydrogen-bond donors (Lipinski definition) is 3. The molecule has 0 radical (unpaired) electrons. The topological polar surface area (TPSA) is 186 Å². The summed E-state index contributed by atoms with van der Waals surface area (Å²) in [5, 5.41) is 15.9. The summed E-state index contributed by atoms with van der Waals surface area (Å²) in [7, 11) is 2.78. The molecule has 0 unspecified atom stereocenters. The number of aliphatic hydroxyl groups excluding tert-OH is 1. The highest BCUT2D eigenvalue weighted by Gasteiger charge is 2.76. The van der Waals surface area contributed by atoms with Crippen molar-refractivity contribution in [1.29, 1.82) is 0 Å². The molecule has 10 rings (SSSR count). The van der Waals surface area contributed by atoms with Crippen LogP contribution in [0.4, 0.5) is 15.6 Å². The largest absolute Gasteiger partial charge is 0.497 e. The fourth-order valence-corrected chi connectivity index (χ4v) is 11.5. The van der Waals surface area contributed by atoms with Gasteiger partial charge in [-0.05, 0) is 94.9 Å². The Morgan fingerprint density at radius 3 is 2.15 bits per heavy atom. The molecule has 16 heteroatoms. The molecule has 3 aliphatic heterocycles. The van der Waals surface area contributed by atoms with Crippen molar-refractivity contribution >= 4 is 62.2 Å². The molecule has 2 saturated heterocycles. The zero-order valence-electron chi connectivity index (χ0n) is 40.8. The number of aromatic nitrogens is 1. The zero-order chi connectivity index (χ0) is 51.7.